The Balaban J connectivity index is 1.71. The predicted molar refractivity (Wildman–Crippen MR) is 101 cm³/mol. The highest BCUT2D eigenvalue weighted by Crippen LogP contribution is 2.16. The summed E-state index contributed by atoms with van der Waals surface area (Å²) >= 11 is 0. The van der Waals surface area contributed by atoms with Gasteiger partial charge in [-0.1, -0.05) is 0 Å². The number of halogens is 1. The number of sulfonamides is 1. The molecular formula is C17H16FN5O5S. The summed E-state index contributed by atoms with van der Waals surface area (Å²) < 4.78 is 42.3. The first-order chi connectivity index (χ1) is 13.7. The molecular weight excluding hydrogens is 405 g/mol. The zero-order valence-electron chi connectivity index (χ0n) is 15.1. The van der Waals surface area contributed by atoms with E-state index in [-0.39, 0.29) is 23.7 Å². The summed E-state index contributed by atoms with van der Waals surface area (Å²) in [5, 5.41) is 14.8. The SMILES string of the molecule is Cn1c(-c2ccc(F)cc2)nn(CCNS(=O)(=O)c2ccc([N+](=O)[O-])cc2)c1=O. The van der Waals surface area contributed by atoms with E-state index in [1.54, 1.807) is 0 Å². The van der Waals surface area contributed by atoms with Crippen LogP contribution in [0.2, 0.25) is 0 Å². The van der Waals surface area contributed by atoms with Gasteiger partial charge in [-0.3, -0.25) is 14.7 Å². The molecule has 0 aliphatic carbocycles. The predicted octanol–water partition coefficient (Wildman–Crippen LogP) is 1.27. The normalized spacial score (nSPS) is 11.5. The summed E-state index contributed by atoms with van der Waals surface area (Å²) in [7, 11) is -2.40. The second kappa shape index (κ2) is 7.93. The molecule has 1 heterocycles. The van der Waals surface area contributed by atoms with Crippen molar-refractivity contribution in [2.45, 2.75) is 11.4 Å². The van der Waals surface area contributed by atoms with Gasteiger partial charge in [-0.2, -0.15) is 0 Å². The van der Waals surface area contributed by atoms with Gasteiger partial charge >= 0.3 is 5.69 Å². The van der Waals surface area contributed by atoms with E-state index in [4.69, 9.17) is 0 Å². The van der Waals surface area contributed by atoms with Crippen LogP contribution in [0.5, 0.6) is 0 Å². The molecule has 0 saturated carbocycles. The molecule has 0 spiro atoms. The average molecular weight is 421 g/mol. The average Bonchev–Trinajstić information content (AvgIpc) is 2.97. The zero-order chi connectivity index (χ0) is 21.2. The molecule has 0 aliphatic heterocycles. The maximum atomic E-state index is 13.1. The minimum Gasteiger partial charge on any atom is -0.278 e. The molecule has 12 heteroatoms. The first-order valence-corrected chi connectivity index (χ1v) is 9.81. The van der Waals surface area contributed by atoms with E-state index in [0.717, 1.165) is 28.9 Å². The summed E-state index contributed by atoms with van der Waals surface area (Å²) in [5.74, 6) is -0.105. The van der Waals surface area contributed by atoms with Crippen molar-refractivity contribution in [2.24, 2.45) is 7.05 Å². The maximum Gasteiger partial charge on any atom is 0.345 e. The Morgan fingerprint density at radius 2 is 1.76 bits per heavy atom. The molecule has 0 amide bonds. The Labute approximate surface area is 164 Å². The summed E-state index contributed by atoms with van der Waals surface area (Å²) in [6, 6.07) is 9.89. The standard InChI is InChI=1S/C17H16FN5O5S/c1-21-16(12-2-4-13(18)5-3-12)20-22(17(21)24)11-10-19-29(27,28)15-8-6-14(7-9-15)23(25)26/h2-9,19H,10-11H2,1H3. The Bertz CT molecular complexity index is 1200. The van der Waals surface area contributed by atoms with Crippen LogP contribution in [0.3, 0.4) is 0 Å². The minimum atomic E-state index is -3.91. The van der Waals surface area contributed by atoms with Gasteiger partial charge < -0.3 is 0 Å². The minimum absolute atomic E-state index is 0.0416. The number of nitrogens with zero attached hydrogens (tertiary/aromatic N) is 4. The molecule has 3 rings (SSSR count). The molecule has 152 valence electrons. The molecule has 0 radical (unpaired) electrons. The maximum absolute atomic E-state index is 13.1. The smallest absolute Gasteiger partial charge is 0.278 e. The second-order valence-corrected chi connectivity index (χ2v) is 7.81. The van der Waals surface area contributed by atoms with Gasteiger partial charge in [0.25, 0.3) is 5.69 Å². The van der Waals surface area contributed by atoms with Crippen molar-refractivity contribution in [3.8, 4) is 11.4 Å². The number of hydrogen-bond acceptors (Lipinski definition) is 6. The summed E-state index contributed by atoms with van der Waals surface area (Å²) in [4.78, 5) is 22.2. The van der Waals surface area contributed by atoms with Crippen molar-refractivity contribution in [2.75, 3.05) is 6.54 Å². The highest BCUT2D eigenvalue weighted by Gasteiger charge is 2.17. The quantitative estimate of drug-likeness (QED) is 0.452. The van der Waals surface area contributed by atoms with E-state index in [1.165, 1.54) is 35.9 Å². The third kappa shape index (κ3) is 4.38. The Hall–Kier alpha value is -3.38. The lowest BCUT2D eigenvalue weighted by Crippen LogP contribution is -2.31. The van der Waals surface area contributed by atoms with E-state index in [2.05, 4.69) is 9.82 Å². The van der Waals surface area contributed by atoms with Gasteiger partial charge in [0.15, 0.2) is 5.82 Å². The molecule has 3 aromatic rings. The van der Waals surface area contributed by atoms with E-state index in [1.807, 2.05) is 0 Å². The van der Waals surface area contributed by atoms with Crippen LogP contribution in [0.25, 0.3) is 11.4 Å². The molecule has 1 N–H and O–H groups in total. The van der Waals surface area contributed by atoms with E-state index in [0.29, 0.717) is 11.4 Å². The second-order valence-electron chi connectivity index (χ2n) is 6.04. The van der Waals surface area contributed by atoms with Crippen molar-refractivity contribution in [1.82, 2.24) is 19.1 Å². The molecule has 0 fully saturated rings. The monoisotopic (exact) mass is 421 g/mol. The van der Waals surface area contributed by atoms with Crippen molar-refractivity contribution in [3.05, 3.63) is 74.9 Å². The lowest BCUT2D eigenvalue weighted by molar-refractivity contribution is -0.384. The number of nitro benzene ring substituents is 1. The summed E-state index contributed by atoms with van der Waals surface area (Å²) in [6.45, 7) is -0.167. The van der Waals surface area contributed by atoms with Crippen LogP contribution < -0.4 is 10.4 Å². The highest BCUT2D eigenvalue weighted by molar-refractivity contribution is 7.89. The molecule has 1 aromatic heterocycles. The third-order valence-electron chi connectivity index (χ3n) is 4.12. The fourth-order valence-corrected chi connectivity index (χ4v) is 3.62. The lowest BCUT2D eigenvalue weighted by Gasteiger charge is -2.06. The van der Waals surface area contributed by atoms with Gasteiger partial charge in [0, 0.05) is 31.3 Å². The number of nitrogens with one attached hydrogen (secondary N) is 1. The molecule has 2 aromatic carbocycles. The van der Waals surface area contributed by atoms with Crippen molar-refractivity contribution >= 4 is 15.7 Å². The molecule has 0 atom stereocenters. The van der Waals surface area contributed by atoms with Gasteiger partial charge in [0.2, 0.25) is 10.0 Å². The van der Waals surface area contributed by atoms with Gasteiger partial charge in [-0.05, 0) is 36.4 Å². The topological polar surface area (TPSA) is 129 Å². The van der Waals surface area contributed by atoms with Gasteiger partial charge in [-0.25, -0.2) is 27.0 Å². The number of non-ortho nitro benzene ring substituents is 1. The van der Waals surface area contributed by atoms with Crippen molar-refractivity contribution < 1.29 is 17.7 Å². The molecule has 0 bridgehead atoms. The fourth-order valence-electron chi connectivity index (χ4n) is 2.60. The number of hydrogen-bond donors (Lipinski definition) is 1. The van der Waals surface area contributed by atoms with Crippen LogP contribution in [-0.2, 0) is 23.6 Å². The Kier molecular flexibility index (Phi) is 5.57. The number of benzene rings is 2. The van der Waals surface area contributed by atoms with Crippen LogP contribution in [-0.4, -0.2) is 34.2 Å². The first kappa shape index (κ1) is 20.4. The Morgan fingerprint density at radius 1 is 1.14 bits per heavy atom. The number of nitro groups is 1. The molecule has 29 heavy (non-hydrogen) atoms. The van der Waals surface area contributed by atoms with Gasteiger partial charge in [0.1, 0.15) is 5.82 Å². The fraction of sp³-hybridized carbons (Fsp3) is 0.176. The number of aromatic nitrogens is 3. The van der Waals surface area contributed by atoms with E-state index in [9.17, 15) is 27.7 Å². The molecule has 10 nitrogen and oxygen atoms in total. The largest absolute Gasteiger partial charge is 0.345 e. The third-order valence-corrected chi connectivity index (χ3v) is 5.59. The van der Waals surface area contributed by atoms with Crippen molar-refractivity contribution in [3.63, 3.8) is 0 Å². The van der Waals surface area contributed by atoms with E-state index >= 15 is 0 Å². The highest BCUT2D eigenvalue weighted by atomic mass is 32.2. The van der Waals surface area contributed by atoms with Crippen molar-refractivity contribution in [1.29, 1.82) is 0 Å². The molecule has 0 aliphatic rings. The van der Waals surface area contributed by atoms with Crippen LogP contribution in [0.1, 0.15) is 0 Å². The molecule has 0 saturated heterocycles. The van der Waals surface area contributed by atoms with E-state index < -0.39 is 26.5 Å². The van der Waals surface area contributed by atoms with Crippen LogP contribution in [0, 0.1) is 15.9 Å². The summed E-state index contributed by atoms with van der Waals surface area (Å²) in [6.07, 6.45) is 0. The lowest BCUT2D eigenvalue weighted by atomic mass is 10.2. The van der Waals surface area contributed by atoms with Crippen LogP contribution in [0.15, 0.2) is 58.2 Å². The first-order valence-electron chi connectivity index (χ1n) is 8.33. The van der Waals surface area contributed by atoms with Gasteiger partial charge in [0.05, 0.1) is 16.4 Å². The van der Waals surface area contributed by atoms with Gasteiger partial charge in [-0.15, -0.1) is 5.10 Å². The molecule has 0 unspecified atom stereocenters. The van der Waals surface area contributed by atoms with Crippen LogP contribution >= 0.6 is 0 Å². The number of rotatable bonds is 7. The zero-order valence-corrected chi connectivity index (χ0v) is 16.0. The summed E-state index contributed by atoms with van der Waals surface area (Å²) in [5.41, 5.74) is -0.146. The Morgan fingerprint density at radius 3 is 2.34 bits per heavy atom. The van der Waals surface area contributed by atoms with Crippen LogP contribution in [0.4, 0.5) is 10.1 Å².